The predicted octanol–water partition coefficient (Wildman–Crippen LogP) is 4.28. The van der Waals surface area contributed by atoms with Gasteiger partial charge in [-0.2, -0.15) is 18.3 Å². The quantitative estimate of drug-likeness (QED) is 0.302. The molecule has 0 aliphatic rings. The van der Waals surface area contributed by atoms with Crippen LogP contribution < -0.4 is 10.6 Å². The SMILES string of the molecule is Cc1cc(CO/N=C/c2ccn3c(-c4cccc(NC(=O)NCC(F)(F)F)c4)cnc3c2)n(C)n1. The summed E-state index contributed by atoms with van der Waals surface area (Å²) in [6.45, 7) is 0.788. The number of amides is 2. The molecule has 35 heavy (non-hydrogen) atoms. The summed E-state index contributed by atoms with van der Waals surface area (Å²) >= 11 is 0. The van der Waals surface area contributed by atoms with Gasteiger partial charge in [0.2, 0.25) is 0 Å². The molecule has 0 aliphatic carbocycles. The third kappa shape index (κ3) is 6.16. The maximum absolute atomic E-state index is 12.3. The first kappa shape index (κ1) is 23.8. The van der Waals surface area contributed by atoms with E-state index in [-0.39, 0.29) is 0 Å². The molecule has 9 nitrogen and oxygen atoms in total. The molecule has 0 saturated carbocycles. The van der Waals surface area contributed by atoms with Gasteiger partial charge in [0.1, 0.15) is 12.2 Å². The second kappa shape index (κ2) is 9.87. The molecular weight excluding hydrogens is 463 g/mol. The van der Waals surface area contributed by atoms with E-state index in [4.69, 9.17) is 4.84 Å². The van der Waals surface area contributed by atoms with Crippen molar-refractivity contribution < 1.29 is 22.8 Å². The van der Waals surface area contributed by atoms with Crippen molar-refractivity contribution in [1.29, 1.82) is 0 Å². The molecule has 1 aromatic carbocycles. The maximum atomic E-state index is 12.3. The van der Waals surface area contributed by atoms with E-state index in [2.05, 4.69) is 20.6 Å². The van der Waals surface area contributed by atoms with E-state index in [1.54, 1.807) is 40.6 Å². The Morgan fingerprint density at radius 1 is 1.23 bits per heavy atom. The Balaban J connectivity index is 1.43. The Morgan fingerprint density at radius 2 is 2.06 bits per heavy atom. The largest absolute Gasteiger partial charge is 0.405 e. The van der Waals surface area contributed by atoms with E-state index in [9.17, 15) is 18.0 Å². The van der Waals surface area contributed by atoms with Crippen LogP contribution in [0.15, 0.2) is 60.0 Å². The van der Waals surface area contributed by atoms with Crippen LogP contribution in [0.2, 0.25) is 0 Å². The Kier molecular flexibility index (Phi) is 6.71. The molecule has 4 rings (SSSR count). The number of pyridine rings is 1. The zero-order valence-electron chi connectivity index (χ0n) is 18.9. The summed E-state index contributed by atoms with van der Waals surface area (Å²) in [7, 11) is 1.84. The Bertz CT molecular complexity index is 1380. The number of halogens is 3. The van der Waals surface area contributed by atoms with Crippen molar-refractivity contribution in [2.45, 2.75) is 19.7 Å². The second-order valence-electron chi connectivity index (χ2n) is 7.74. The van der Waals surface area contributed by atoms with Crippen LogP contribution in [-0.4, -0.2) is 44.1 Å². The number of alkyl halides is 3. The molecule has 0 saturated heterocycles. The topological polar surface area (TPSA) is 97.8 Å². The number of carbonyl (C=O) groups excluding carboxylic acids is 1. The zero-order valence-corrected chi connectivity index (χ0v) is 18.9. The van der Waals surface area contributed by atoms with Crippen molar-refractivity contribution in [3.8, 4) is 11.3 Å². The number of anilines is 1. The lowest BCUT2D eigenvalue weighted by Gasteiger charge is -2.10. The number of imidazole rings is 1. The fourth-order valence-electron chi connectivity index (χ4n) is 3.40. The fourth-order valence-corrected chi connectivity index (χ4v) is 3.40. The number of oxime groups is 1. The fraction of sp³-hybridized carbons (Fsp3) is 0.217. The normalized spacial score (nSPS) is 11.8. The van der Waals surface area contributed by atoms with Crippen LogP contribution in [0.3, 0.4) is 0 Å². The minimum atomic E-state index is -4.48. The summed E-state index contributed by atoms with van der Waals surface area (Å²) in [6.07, 6.45) is 0.589. The van der Waals surface area contributed by atoms with Gasteiger partial charge >= 0.3 is 12.2 Å². The van der Waals surface area contributed by atoms with Crippen molar-refractivity contribution >= 4 is 23.6 Å². The minimum Gasteiger partial charge on any atom is -0.389 e. The molecular formula is C23H22F3N7O2. The van der Waals surface area contributed by atoms with Crippen molar-refractivity contribution in [1.82, 2.24) is 24.5 Å². The van der Waals surface area contributed by atoms with Gasteiger partial charge in [-0.05, 0) is 37.3 Å². The van der Waals surface area contributed by atoms with Gasteiger partial charge in [0, 0.05) is 30.1 Å². The lowest BCUT2D eigenvalue weighted by Crippen LogP contribution is -2.36. The number of urea groups is 1. The van der Waals surface area contributed by atoms with Gasteiger partial charge in [-0.3, -0.25) is 9.08 Å². The number of aryl methyl sites for hydroxylation is 2. The molecule has 0 aliphatic heterocycles. The van der Waals surface area contributed by atoms with Gasteiger partial charge in [-0.15, -0.1) is 0 Å². The lowest BCUT2D eigenvalue weighted by atomic mass is 10.1. The van der Waals surface area contributed by atoms with E-state index in [1.807, 2.05) is 48.8 Å². The second-order valence-corrected chi connectivity index (χ2v) is 7.74. The number of hydrogen-bond donors (Lipinski definition) is 2. The predicted molar refractivity (Wildman–Crippen MR) is 124 cm³/mol. The summed E-state index contributed by atoms with van der Waals surface area (Å²) < 4.78 is 40.4. The summed E-state index contributed by atoms with van der Waals surface area (Å²) in [5.41, 5.74) is 5.07. The summed E-state index contributed by atoms with van der Waals surface area (Å²) in [4.78, 5) is 21.5. The highest BCUT2D eigenvalue weighted by Crippen LogP contribution is 2.24. The molecule has 3 aromatic heterocycles. The van der Waals surface area contributed by atoms with Gasteiger partial charge in [0.25, 0.3) is 0 Å². The molecule has 0 fully saturated rings. The highest BCUT2D eigenvalue weighted by atomic mass is 19.4. The molecule has 0 bridgehead atoms. The van der Waals surface area contributed by atoms with Crippen molar-refractivity contribution in [2.75, 3.05) is 11.9 Å². The molecule has 0 atom stereocenters. The average Bonchev–Trinajstić information content (AvgIpc) is 3.36. The van der Waals surface area contributed by atoms with Gasteiger partial charge in [0.05, 0.1) is 29.5 Å². The van der Waals surface area contributed by atoms with Crippen molar-refractivity contribution in [3.05, 3.63) is 71.8 Å². The molecule has 3 heterocycles. The third-order valence-corrected chi connectivity index (χ3v) is 4.99. The average molecular weight is 485 g/mol. The molecule has 2 N–H and O–H groups in total. The van der Waals surface area contributed by atoms with E-state index in [1.165, 1.54) is 0 Å². The number of nitrogens with zero attached hydrogens (tertiary/aromatic N) is 5. The van der Waals surface area contributed by atoms with Crippen LogP contribution in [0.5, 0.6) is 0 Å². The molecule has 2 amide bonds. The summed E-state index contributed by atoms with van der Waals surface area (Å²) in [5, 5.41) is 12.4. The lowest BCUT2D eigenvalue weighted by molar-refractivity contribution is -0.122. The molecule has 4 aromatic rings. The summed E-state index contributed by atoms with van der Waals surface area (Å²) in [6, 6.07) is 11.4. The van der Waals surface area contributed by atoms with E-state index >= 15 is 0 Å². The number of hydrogen-bond acceptors (Lipinski definition) is 5. The van der Waals surface area contributed by atoms with Crippen molar-refractivity contribution in [3.63, 3.8) is 0 Å². The Hall–Kier alpha value is -4.35. The number of rotatable bonds is 7. The number of aromatic nitrogens is 4. The molecule has 0 spiro atoms. The van der Waals surface area contributed by atoms with Gasteiger partial charge in [0.15, 0.2) is 6.61 Å². The van der Waals surface area contributed by atoms with Gasteiger partial charge in [-0.1, -0.05) is 17.3 Å². The van der Waals surface area contributed by atoms with Crippen LogP contribution >= 0.6 is 0 Å². The van der Waals surface area contributed by atoms with Crippen LogP contribution in [-0.2, 0) is 18.5 Å². The van der Waals surface area contributed by atoms with Crippen LogP contribution in [0, 0.1) is 6.92 Å². The highest BCUT2D eigenvalue weighted by Gasteiger charge is 2.27. The highest BCUT2D eigenvalue weighted by molar-refractivity contribution is 5.90. The zero-order chi connectivity index (χ0) is 25.0. The van der Waals surface area contributed by atoms with Gasteiger partial charge < -0.3 is 15.5 Å². The smallest absolute Gasteiger partial charge is 0.389 e. The first-order valence-corrected chi connectivity index (χ1v) is 10.5. The molecule has 0 radical (unpaired) electrons. The van der Waals surface area contributed by atoms with E-state index < -0.39 is 18.8 Å². The number of benzene rings is 1. The number of fused-ring (bicyclic) bond motifs is 1. The van der Waals surface area contributed by atoms with Crippen LogP contribution in [0.1, 0.15) is 17.0 Å². The molecule has 0 unspecified atom stereocenters. The maximum Gasteiger partial charge on any atom is 0.405 e. The van der Waals surface area contributed by atoms with Crippen LogP contribution in [0.4, 0.5) is 23.7 Å². The third-order valence-electron chi connectivity index (χ3n) is 4.99. The van der Waals surface area contributed by atoms with Crippen LogP contribution in [0.25, 0.3) is 16.9 Å². The monoisotopic (exact) mass is 485 g/mol. The Morgan fingerprint density at radius 3 is 2.80 bits per heavy atom. The first-order chi connectivity index (χ1) is 16.7. The minimum absolute atomic E-state index is 0.294. The van der Waals surface area contributed by atoms with Crippen molar-refractivity contribution in [2.24, 2.45) is 12.2 Å². The first-order valence-electron chi connectivity index (χ1n) is 10.5. The van der Waals surface area contributed by atoms with E-state index in [0.717, 1.165) is 28.2 Å². The number of nitrogens with one attached hydrogen (secondary N) is 2. The van der Waals surface area contributed by atoms with E-state index in [0.29, 0.717) is 17.9 Å². The number of carbonyl (C=O) groups is 1. The summed E-state index contributed by atoms with van der Waals surface area (Å²) in [5.74, 6) is 0. The standard InChI is InChI=1S/C23H22F3N7O2/c1-15-8-19(32(2)31-15)13-35-29-11-16-6-7-33-20(12-27-21(33)9-16)17-4-3-5-18(10-17)30-22(34)28-14-23(24,25)26/h3-12H,13-14H2,1-2H3,(H2,28,30,34)/b29-11+. The Labute approximate surface area is 198 Å². The molecule has 182 valence electrons. The van der Waals surface area contributed by atoms with Gasteiger partial charge in [-0.25, -0.2) is 9.78 Å². The molecule has 12 heteroatoms.